The summed E-state index contributed by atoms with van der Waals surface area (Å²) in [4.78, 5) is 39.3. The van der Waals surface area contributed by atoms with Gasteiger partial charge in [-0.05, 0) is 18.2 Å². The largest absolute Gasteiger partial charge is 0.486 e. The van der Waals surface area contributed by atoms with E-state index in [2.05, 4.69) is 0 Å². The maximum absolute atomic E-state index is 12.9. The molecule has 1 unspecified atom stereocenters. The Morgan fingerprint density at radius 1 is 1.04 bits per heavy atom. The lowest BCUT2D eigenvalue weighted by Gasteiger charge is -2.24. The average Bonchev–Trinajstić information content (AvgIpc) is 2.84. The predicted molar refractivity (Wildman–Crippen MR) is 88.3 cm³/mol. The zero-order valence-electron chi connectivity index (χ0n) is 14.1. The minimum absolute atomic E-state index is 0.139. The van der Waals surface area contributed by atoms with Gasteiger partial charge < -0.3 is 25.0 Å². The van der Waals surface area contributed by atoms with E-state index in [0.29, 0.717) is 43.4 Å². The first-order chi connectivity index (χ1) is 12.0. The van der Waals surface area contributed by atoms with Crippen LogP contribution in [-0.2, 0) is 9.59 Å². The van der Waals surface area contributed by atoms with E-state index in [9.17, 15) is 14.4 Å². The molecule has 8 nitrogen and oxygen atoms in total. The molecule has 2 aliphatic heterocycles. The highest BCUT2D eigenvalue weighted by Gasteiger charge is 2.30. The van der Waals surface area contributed by atoms with Gasteiger partial charge in [-0.1, -0.05) is 0 Å². The van der Waals surface area contributed by atoms with E-state index >= 15 is 0 Å². The van der Waals surface area contributed by atoms with E-state index < -0.39 is 11.8 Å². The van der Waals surface area contributed by atoms with Crippen molar-refractivity contribution in [3.05, 3.63) is 23.8 Å². The van der Waals surface area contributed by atoms with Gasteiger partial charge in [0.25, 0.3) is 5.91 Å². The van der Waals surface area contributed by atoms with Gasteiger partial charge in [-0.2, -0.15) is 0 Å². The van der Waals surface area contributed by atoms with Crippen LogP contribution in [0.25, 0.3) is 0 Å². The topological polar surface area (TPSA) is 102 Å². The number of rotatable bonds is 2. The quantitative estimate of drug-likeness (QED) is 0.802. The van der Waals surface area contributed by atoms with Gasteiger partial charge in [0.2, 0.25) is 11.8 Å². The van der Waals surface area contributed by atoms with Crippen molar-refractivity contribution in [1.82, 2.24) is 9.80 Å². The molecule has 1 saturated heterocycles. The van der Waals surface area contributed by atoms with Crippen LogP contribution in [0.5, 0.6) is 11.5 Å². The average molecular weight is 347 g/mol. The molecule has 0 bridgehead atoms. The maximum atomic E-state index is 12.9. The van der Waals surface area contributed by atoms with E-state index in [-0.39, 0.29) is 24.9 Å². The number of nitrogens with two attached hydrogens (primary N) is 1. The van der Waals surface area contributed by atoms with Gasteiger partial charge in [0, 0.05) is 38.7 Å². The Bertz CT molecular complexity index is 706. The van der Waals surface area contributed by atoms with Crippen LogP contribution in [0, 0.1) is 5.92 Å². The lowest BCUT2D eigenvalue weighted by Crippen LogP contribution is -2.40. The molecule has 134 valence electrons. The van der Waals surface area contributed by atoms with Crippen molar-refractivity contribution in [1.29, 1.82) is 0 Å². The standard InChI is InChI=1S/C17H21N3O5/c1-11(21)19-4-5-20(10-13(9-19)16(18)22)17(23)12-2-3-14-15(8-12)25-7-6-24-14/h2-3,8,13H,4-7,9-10H2,1H3,(H2,18,22). The second-order valence-electron chi connectivity index (χ2n) is 6.17. The lowest BCUT2D eigenvalue weighted by molar-refractivity contribution is -0.130. The van der Waals surface area contributed by atoms with Crippen molar-refractivity contribution in [2.45, 2.75) is 6.92 Å². The Morgan fingerprint density at radius 3 is 2.36 bits per heavy atom. The van der Waals surface area contributed by atoms with E-state index in [1.54, 1.807) is 28.0 Å². The van der Waals surface area contributed by atoms with Crippen molar-refractivity contribution in [2.75, 3.05) is 39.4 Å². The molecule has 1 aromatic rings. The fourth-order valence-corrected chi connectivity index (χ4v) is 3.02. The number of benzene rings is 1. The first-order valence-electron chi connectivity index (χ1n) is 8.19. The number of ether oxygens (including phenoxy) is 2. The third-order valence-corrected chi connectivity index (χ3v) is 4.45. The van der Waals surface area contributed by atoms with E-state index in [0.717, 1.165) is 0 Å². The van der Waals surface area contributed by atoms with Gasteiger partial charge in [0.05, 0.1) is 5.92 Å². The Labute approximate surface area is 145 Å². The minimum atomic E-state index is -0.590. The number of primary amides is 1. The van der Waals surface area contributed by atoms with Gasteiger partial charge in [-0.25, -0.2) is 0 Å². The first kappa shape index (κ1) is 17.1. The summed E-state index contributed by atoms with van der Waals surface area (Å²) in [7, 11) is 0. The van der Waals surface area contributed by atoms with Crippen molar-refractivity contribution < 1.29 is 23.9 Å². The molecule has 0 radical (unpaired) electrons. The molecule has 0 saturated carbocycles. The number of hydrogen-bond acceptors (Lipinski definition) is 5. The Balaban J connectivity index is 1.80. The number of carbonyl (C=O) groups is 3. The molecular formula is C17H21N3O5. The van der Waals surface area contributed by atoms with Crippen LogP contribution in [0.4, 0.5) is 0 Å². The SMILES string of the molecule is CC(=O)N1CCN(C(=O)c2ccc3c(c2)OCCO3)CC(C(N)=O)C1. The zero-order valence-corrected chi connectivity index (χ0v) is 14.1. The summed E-state index contributed by atoms with van der Waals surface area (Å²) in [6.07, 6.45) is 0. The molecule has 1 fully saturated rings. The van der Waals surface area contributed by atoms with Crippen LogP contribution in [0.1, 0.15) is 17.3 Å². The Morgan fingerprint density at radius 2 is 1.68 bits per heavy atom. The van der Waals surface area contributed by atoms with Crippen LogP contribution in [0.15, 0.2) is 18.2 Å². The van der Waals surface area contributed by atoms with Crippen LogP contribution in [-0.4, -0.2) is 66.9 Å². The summed E-state index contributed by atoms with van der Waals surface area (Å²) in [6.45, 7) is 3.49. The molecule has 2 heterocycles. The normalized spacial score (nSPS) is 20.0. The second-order valence-corrected chi connectivity index (χ2v) is 6.17. The number of amides is 3. The zero-order chi connectivity index (χ0) is 18.0. The number of hydrogen-bond donors (Lipinski definition) is 1. The minimum Gasteiger partial charge on any atom is -0.486 e. The van der Waals surface area contributed by atoms with Gasteiger partial charge in [-0.15, -0.1) is 0 Å². The van der Waals surface area contributed by atoms with E-state index in [4.69, 9.17) is 15.2 Å². The van der Waals surface area contributed by atoms with Gasteiger partial charge in [0.15, 0.2) is 11.5 Å². The van der Waals surface area contributed by atoms with Crippen LogP contribution in [0.3, 0.4) is 0 Å². The molecule has 2 aliphatic rings. The summed E-state index contributed by atoms with van der Waals surface area (Å²) < 4.78 is 11.0. The van der Waals surface area contributed by atoms with Crippen molar-refractivity contribution >= 4 is 17.7 Å². The molecule has 1 aromatic carbocycles. The van der Waals surface area contributed by atoms with E-state index in [1.807, 2.05) is 0 Å². The van der Waals surface area contributed by atoms with Crippen molar-refractivity contribution in [3.8, 4) is 11.5 Å². The molecule has 2 N–H and O–H groups in total. The number of nitrogens with zero attached hydrogens (tertiary/aromatic N) is 2. The molecule has 0 spiro atoms. The fourth-order valence-electron chi connectivity index (χ4n) is 3.02. The van der Waals surface area contributed by atoms with Gasteiger partial charge in [-0.3, -0.25) is 14.4 Å². The smallest absolute Gasteiger partial charge is 0.254 e. The van der Waals surface area contributed by atoms with Crippen LogP contribution >= 0.6 is 0 Å². The summed E-state index contributed by atoms with van der Waals surface area (Å²) in [5.41, 5.74) is 5.89. The second kappa shape index (κ2) is 7.00. The summed E-state index contributed by atoms with van der Waals surface area (Å²) in [5, 5.41) is 0. The van der Waals surface area contributed by atoms with Crippen molar-refractivity contribution in [3.63, 3.8) is 0 Å². The van der Waals surface area contributed by atoms with E-state index in [1.165, 1.54) is 6.92 Å². The van der Waals surface area contributed by atoms with Crippen LogP contribution in [0.2, 0.25) is 0 Å². The molecular weight excluding hydrogens is 326 g/mol. The molecule has 25 heavy (non-hydrogen) atoms. The molecule has 0 aromatic heterocycles. The highest BCUT2D eigenvalue weighted by Crippen LogP contribution is 2.31. The highest BCUT2D eigenvalue weighted by molar-refractivity contribution is 5.95. The van der Waals surface area contributed by atoms with Crippen molar-refractivity contribution in [2.24, 2.45) is 11.7 Å². The third-order valence-electron chi connectivity index (χ3n) is 4.45. The summed E-state index contributed by atoms with van der Waals surface area (Å²) >= 11 is 0. The van der Waals surface area contributed by atoms with Crippen LogP contribution < -0.4 is 15.2 Å². The molecule has 8 heteroatoms. The number of fused-ring (bicyclic) bond motifs is 1. The molecule has 1 atom stereocenters. The Kier molecular flexibility index (Phi) is 4.78. The van der Waals surface area contributed by atoms with Gasteiger partial charge >= 0.3 is 0 Å². The summed E-state index contributed by atoms with van der Waals surface area (Å²) in [5.74, 6) is -0.339. The molecule has 3 rings (SSSR count). The number of carbonyl (C=O) groups excluding carboxylic acids is 3. The maximum Gasteiger partial charge on any atom is 0.254 e. The van der Waals surface area contributed by atoms with Gasteiger partial charge in [0.1, 0.15) is 13.2 Å². The summed E-state index contributed by atoms with van der Waals surface area (Å²) in [6, 6.07) is 5.01. The third kappa shape index (κ3) is 3.67. The molecule has 0 aliphatic carbocycles. The Hall–Kier alpha value is -2.77. The predicted octanol–water partition coefficient (Wildman–Crippen LogP) is -0.136. The first-order valence-corrected chi connectivity index (χ1v) is 8.19. The lowest BCUT2D eigenvalue weighted by atomic mass is 10.1. The molecule has 3 amide bonds. The monoisotopic (exact) mass is 347 g/mol. The highest BCUT2D eigenvalue weighted by atomic mass is 16.6. The fraction of sp³-hybridized carbons (Fsp3) is 0.471.